The van der Waals surface area contributed by atoms with Gasteiger partial charge >= 0.3 is 11.7 Å². The number of hydrogen-bond donors (Lipinski definition) is 3. The zero-order valence-electron chi connectivity index (χ0n) is 14.7. The molecule has 8 heteroatoms. The number of urea groups is 1. The Hall–Kier alpha value is -2.58. The van der Waals surface area contributed by atoms with Crippen molar-refractivity contribution >= 4 is 34.1 Å². The molecule has 0 aliphatic carbocycles. The van der Waals surface area contributed by atoms with Gasteiger partial charge in [0.15, 0.2) is 0 Å². The van der Waals surface area contributed by atoms with Crippen LogP contribution in [0.5, 0.6) is 0 Å². The Balaban J connectivity index is 1.61. The van der Waals surface area contributed by atoms with Crippen molar-refractivity contribution in [2.45, 2.75) is 6.42 Å². The van der Waals surface area contributed by atoms with E-state index in [9.17, 15) is 14.7 Å². The summed E-state index contributed by atoms with van der Waals surface area (Å²) < 4.78 is 3.11. The maximum absolute atomic E-state index is 12.2. The summed E-state index contributed by atoms with van der Waals surface area (Å²) in [6, 6.07) is 7.02. The van der Waals surface area contributed by atoms with Crippen molar-refractivity contribution in [2.24, 2.45) is 20.0 Å². The van der Waals surface area contributed by atoms with Gasteiger partial charge in [-0.25, -0.2) is 9.59 Å². The molecule has 0 spiro atoms. The summed E-state index contributed by atoms with van der Waals surface area (Å²) in [6.07, 6.45) is 0.721. The van der Waals surface area contributed by atoms with Gasteiger partial charge < -0.3 is 15.7 Å². The van der Waals surface area contributed by atoms with Gasteiger partial charge in [-0.1, -0.05) is 0 Å². The van der Waals surface area contributed by atoms with Gasteiger partial charge in [-0.2, -0.15) is 11.3 Å². The SMILES string of the molecule is Cn1c(=O)n(C)c2cc(NC(=O)NC[C@H](CO)Cc3ccsc3)ccc21. The first kappa shape index (κ1) is 18.2. The van der Waals surface area contributed by atoms with E-state index in [4.69, 9.17) is 0 Å². The topological polar surface area (TPSA) is 88.3 Å². The lowest BCUT2D eigenvalue weighted by molar-refractivity contribution is 0.218. The molecule has 138 valence electrons. The first-order chi connectivity index (χ1) is 12.5. The van der Waals surface area contributed by atoms with Gasteiger partial charge in [0.05, 0.1) is 11.0 Å². The number of aryl methyl sites for hydroxylation is 2. The highest BCUT2D eigenvalue weighted by atomic mass is 32.1. The maximum atomic E-state index is 12.2. The van der Waals surface area contributed by atoms with Gasteiger partial charge in [-0.15, -0.1) is 0 Å². The van der Waals surface area contributed by atoms with Crippen LogP contribution in [-0.2, 0) is 20.5 Å². The lowest BCUT2D eigenvalue weighted by Gasteiger charge is -2.15. The number of fused-ring (bicyclic) bond motifs is 1. The largest absolute Gasteiger partial charge is 0.396 e. The number of aliphatic hydroxyl groups is 1. The molecule has 3 N–H and O–H groups in total. The predicted molar refractivity (Wildman–Crippen MR) is 104 cm³/mol. The highest BCUT2D eigenvalue weighted by molar-refractivity contribution is 7.07. The van der Waals surface area contributed by atoms with Crippen LogP contribution in [0, 0.1) is 5.92 Å². The second-order valence-corrected chi connectivity index (χ2v) is 7.10. The molecule has 0 fully saturated rings. The van der Waals surface area contributed by atoms with Gasteiger partial charge in [0.1, 0.15) is 0 Å². The van der Waals surface area contributed by atoms with Crippen molar-refractivity contribution in [3.05, 3.63) is 51.1 Å². The molecule has 0 aliphatic rings. The van der Waals surface area contributed by atoms with Crippen LogP contribution in [0.2, 0.25) is 0 Å². The molecule has 3 aromatic rings. The summed E-state index contributed by atoms with van der Waals surface area (Å²) in [5.74, 6) is -0.0345. The summed E-state index contributed by atoms with van der Waals surface area (Å²) in [6.45, 7) is 0.387. The molecular weight excluding hydrogens is 352 g/mol. The number of thiophene rings is 1. The number of amides is 2. The number of imidazole rings is 1. The Kier molecular flexibility index (Phi) is 5.43. The van der Waals surface area contributed by atoms with Crippen LogP contribution < -0.4 is 16.3 Å². The number of nitrogens with zero attached hydrogens (tertiary/aromatic N) is 2. The third kappa shape index (κ3) is 3.81. The van der Waals surface area contributed by atoms with E-state index in [1.165, 1.54) is 0 Å². The zero-order valence-corrected chi connectivity index (χ0v) is 15.5. The monoisotopic (exact) mass is 374 g/mol. The average Bonchev–Trinajstić information content (AvgIpc) is 3.22. The number of carbonyl (C=O) groups is 1. The summed E-state index contributed by atoms with van der Waals surface area (Å²) in [4.78, 5) is 24.1. The molecule has 1 aromatic carbocycles. The molecule has 0 unspecified atom stereocenters. The first-order valence-electron chi connectivity index (χ1n) is 8.32. The highest BCUT2D eigenvalue weighted by Gasteiger charge is 2.12. The van der Waals surface area contributed by atoms with E-state index < -0.39 is 0 Å². The number of rotatable bonds is 6. The summed E-state index contributed by atoms with van der Waals surface area (Å²) in [7, 11) is 3.41. The molecule has 0 radical (unpaired) electrons. The summed E-state index contributed by atoms with van der Waals surface area (Å²) >= 11 is 1.62. The molecule has 3 rings (SSSR count). The minimum absolute atomic E-state index is 0.00815. The van der Waals surface area contributed by atoms with E-state index in [1.807, 2.05) is 16.8 Å². The van der Waals surface area contributed by atoms with E-state index in [0.29, 0.717) is 12.2 Å². The van der Waals surface area contributed by atoms with Gasteiger partial charge in [-0.3, -0.25) is 9.13 Å². The van der Waals surface area contributed by atoms with Crippen molar-refractivity contribution in [1.82, 2.24) is 14.5 Å². The van der Waals surface area contributed by atoms with Crippen LogP contribution >= 0.6 is 11.3 Å². The minimum atomic E-state index is -0.339. The Morgan fingerprint density at radius 2 is 2.00 bits per heavy atom. The van der Waals surface area contributed by atoms with Crippen molar-refractivity contribution in [2.75, 3.05) is 18.5 Å². The average molecular weight is 374 g/mol. The predicted octanol–water partition coefficient (Wildman–Crippen LogP) is 1.91. The third-order valence-corrected chi connectivity index (χ3v) is 5.18. The second kappa shape index (κ2) is 7.76. The Morgan fingerprint density at radius 1 is 1.23 bits per heavy atom. The number of nitrogens with one attached hydrogen (secondary N) is 2. The Bertz CT molecular complexity index is 959. The number of benzene rings is 1. The quantitative estimate of drug-likeness (QED) is 0.616. The van der Waals surface area contributed by atoms with Crippen LogP contribution in [0.3, 0.4) is 0 Å². The maximum Gasteiger partial charge on any atom is 0.328 e. The number of aliphatic hydroxyl groups excluding tert-OH is 1. The smallest absolute Gasteiger partial charge is 0.328 e. The van der Waals surface area contributed by atoms with E-state index >= 15 is 0 Å². The third-order valence-electron chi connectivity index (χ3n) is 4.44. The van der Waals surface area contributed by atoms with Crippen molar-refractivity contribution in [3.8, 4) is 0 Å². The van der Waals surface area contributed by atoms with E-state index in [2.05, 4.69) is 10.6 Å². The van der Waals surface area contributed by atoms with Crippen molar-refractivity contribution in [1.29, 1.82) is 0 Å². The Morgan fingerprint density at radius 3 is 2.69 bits per heavy atom. The number of hydrogen-bond acceptors (Lipinski definition) is 4. The molecular formula is C18H22N4O3S. The minimum Gasteiger partial charge on any atom is -0.396 e. The molecule has 2 aromatic heterocycles. The summed E-state index contributed by atoms with van der Waals surface area (Å²) in [5.41, 5.74) is 3.21. The van der Waals surface area contributed by atoms with Crippen LogP contribution in [-0.4, -0.2) is 33.4 Å². The number of carbonyl (C=O) groups excluding carboxylic acids is 1. The lowest BCUT2D eigenvalue weighted by atomic mass is 10.0. The Labute approximate surface area is 154 Å². The van der Waals surface area contributed by atoms with Crippen molar-refractivity contribution in [3.63, 3.8) is 0 Å². The molecule has 26 heavy (non-hydrogen) atoms. The van der Waals surface area contributed by atoms with Gasteiger partial charge in [0.25, 0.3) is 0 Å². The van der Waals surface area contributed by atoms with Crippen LogP contribution in [0.15, 0.2) is 39.8 Å². The molecule has 0 saturated heterocycles. The van der Waals surface area contributed by atoms with Crippen LogP contribution in [0.25, 0.3) is 11.0 Å². The molecule has 7 nitrogen and oxygen atoms in total. The number of anilines is 1. The van der Waals surface area contributed by atoms with Gasteiger partial charge in [-0.05, 0) is 47.0 Å². The standard InChI is InChI=1S/C18H22N4O3S/c1-21-15-4-3-14(8-16(15)22(2)18(21)25)20-17(24)19-9-13(10-23)7-12-5-6-26-11-12/h3-6,8,11,13,23H,7,9-10H2,1-2H3,(H2,19,20,24)/t13-/m1/s1. The zero-order chi connectivity index (χ0) is 18.7. The van der Waals surface area contributed by atoms with Crippen LogP contribution in [0.4, 0.5) is 10.5 Å². The van der Waals surface area contributed by atoms with E-state index in [1.54, 1.807) is 52.8 Å². The fourth-order valence-corrected chi connectivity index (χ4v) is 3.62. The van der Waals surface area contributed by atoms with Gasteiger partial charge in [0.2, 0.25) is 0 Å². The molecule has 0 saturated carbocycles. The van der Waals surface area contributed by atoms with Crippen LogP contribution in [0.1, 0.15) is 5.56 Å². The molecule has 2 heterocycles. The molecule has 0 bridgehead atoms. The summed E-state index contributed by atoms with van der Waals surface area (Å²) in [5, 5.41) is 19.1. The molecule has 0 aliphatic heterocycles. The van der Waals surface area contributed by atoms with E-state index in [-0.39, 0.29) is 24.2 Å². The molecule has 1 atom stereocenters. The molecule has 2 amide bonds. The van der Waals surface area contributed by atoms with Gasteiger partial charge in [0, 0.05) is 38.9 Å². The number of aromatic nitrogens is 2. The highest BCUT2D eigenvalue weighted by Crippen LogP contribution is 2.17. The normalized spacial score (nSPS) is 12.3. The fourth-order valence-electron chi connectivity index (χ4n) is 2.94. The lowest BCUT2D eigenvalue weighted by Crippen LogP contribution is -2.34. The van der Waals surface area contributed by atoms with Crippen molar-refractivity contribution < 1.29 is 9.90 Å². The van der Waals surface area contributed by atoms with E-state index in [0.717, 1.165) is 23.0 Å². The first-order valence-corrected chi connectivity index (χ1v) is 9.26. The fraction of sp³-hybridized carbons (Fsp3) is 0.333. The second-order valence-electron chi connectivity index (χ2n) is 6.32.